The van der Waals surface area contributed by atoms with E-state index in [0.717, 1.165) is 16.9 Å². The highest BCUT2D eigenvalue weighted by atomic mass is 35.5. The summed E-state index contributed by atoms with van der Waals surface area (Å²) in [5.41, 5.74) is 1.75. The van der Waals surface area contributed by atoms with Gasteiger partial charge in [-0.15, -0.1) is 0 Å². The third-order valence-corrected chi connectivity index (χ3v) is 3.79. The highest BCUT2D eigenvalue weighted by Gasteiger charge is 2.31. The number of fused-ring (bicyclic) bond motifs is 1. The molecule has 1 N–H and O–H groups in total. The van der Waals surface area contributed by atoms with E-state index in [2.05, 4.69) is 13.8 Å². The Kier molecular flexibility index (Phi) is 3.98. The molecule has 19 heavy (non-hydrogen) atoms. The maximum absolute atomic E-state index is 9.63. The molecule has 2 rings (SSSR count). The van der Waals surface area contributed by atoms with Gasteiger partial charge < -0.3 is 14.6 Å². The minimum atomic E-state index is -0.362. The predicted molar refractivity (Wildman–Crippen MR) is 76.6 cm³/mol. The van der Waals surface area contributed by atoms with Gasteiger partial charge in [-0.25, -0.2) is 0 Å². The second kappa shape index (κ2) is 5.22. The van der Waals surface area contributed by atoms with Gasteiger partial charge in [0.15, 0.2) is 11.5 Å². The fourth-order valence-electron chi connectivity index (χ4n) is 2.41. The number of hydrogen-bond donors (Lipinski definition) is 1. The predicted octanol–water partition coefficient (Wildman–Crippen LogP) is 3.50. The first-order valence-corrected chi connectivity index (χ1v) is 6.99. The molecule has 1 aliphatic rings. The Labute approximate surface area is 119 Å². The Bertz CT molecular complexity index is 481. The van der Waals surface area contributed by atoms with Crippen LogP contribution < -0.4 is 9.47 Å². The topological polar surface area (TPSA) is 38.7 Å². The summed E-state index contributed by atoms with van der Waals surface area (Å²) >= 11 is 6.30. The summed E-state index contributed by atoms with van der Waals surface area (Å²) in [4.78, 5) is 0. The van der Waals surface area contributed by atoms with Crippen LogP contribution in [0.5, 0.6) is 11.5 Å². The molecule has 0 saturated carbocycles. The van der Waals surface area contributed by atoms with Gasteiger partial charge in [0, 0.05) is 11.0 Å². The van der Waals surface area contributed by atoms with E-state index >= 15 is 0 Å². The molecule has 0 aliphatic carbocycles. The van der Waals surface area contributed by atoms with Gasteiger partial charge in [0.05, 0.1) is 11.6 Å². The monoisotopic (exact) mass is 284 g/mol. The molecule has 0 bridgehead atoms. The quantitative estimate of drug-likeness (QED) is 0.923. The van der Waals surface area contributed by atoms with Crippen LogP contribution in [0, 0.1) is 0 Å². The summed E-state index contributed by atoms with van der Waals surface area (Å²) in [6, 6.07) is 1.90. The van der Waals surface area contributed by atoms with E-state index in [4.69, 9.17) is 21.1 Å². The van der Waals surface area contributed by atoms with E-state index in [-0.39, 0.29) is 17.9 Å². The zero-order valence-corrected chi connectivity index (χ0v) is 12.7. The van der Waals surface area contributed by atoms with E-state index < -0.39 is 0 Å². The van der Waals surface area contributed by atoms with Crippen LogP contribution in [-0.2, 0) is 5.41 Å². The number of rotatable bonds is 3. The fraction of sp³-hybridized carbons (Fsp3) is 0.600. The van der Waals surface area contributed by atoms with Crippen LogP contribution in [0.25, 0.3) is 0 Å². The minimum absolute atomic E-state index is 0.0582. The Morgan fingerprint density at radius 2 is 1.84 bits per heavy atom. The second-order valence-corrected chi connectivity index (χ2v) is 6.28. The molecule has 0 unspecified atom stereocenters. The normalized spacial score (nSPS) is 14.9. The van der Waals surface area contributed by atoms with Crippen molar-refractivity contribution in [2.45, 2.75) is 39.0 Å². The molecule has 0 saturated heterocycles. The maximum atomic E-state index is 9.63. The van der Waals surface area contributed by atoms with E-state index in [1.54, 1.807) is 0 Å². The Morgan fingerprint density at radius 3 is 2.37 bits per heavy atom. The van der Waals surface area contributed by atoms with E-state index in [0.29, 0.717) is 24.0 Å². The van der Waals surface area contributed by atoms with Crippen molar-refractivity contribution in [1.29, 1.82) is 0 Å². The van der Waals surface area contributed by atoms with Crippen LogP contribution in [0.1, 0.15) is 44.7 Å². The van der Waals surface area contributed by atoms with Crippen molar-refractivity contribution >= 4 is 11.6 Å². The first kappa shape index (κ1) is 14.5. The molecular weight excluding hydrogens is 264 g/mol. The third-order valence-electron chi connectivity index (χ3n) is 3.51. The van der Waals surface area contributed by atoms with Crippen molar-refractivity contribution in [3.05, 3.63) is 22.2 Å². The van der Waals surface area contributed by atoms with Gasteiger partial charge in [0.25, 0.3) is 0 Å². The lowest BCUT2D eigenvalue weighted by Gasteiger charge is -2.31. The molecule has 1 aromatic rings. The average Bonchev–Trinajstić information content (AvgIpc) is 2.38. The average molecular weight is 285 g/mol. The molecule has 4 heteroatoms. The van der Waals surface area contributed by atoms with Crippen LogP contribution in [0.2, 0.25) is 5.02 Å². The Balaban J connectivity index is 2.70. The van der Waals surface area contributed by atoms with E-state index in [9.17, 15) is 5.11 Å². The van der Waals surface area contributed by atoms with Gasteiger partial charge in [0.1, 0.15) is 13.2 Å². The molecule has 1 heterocycles. The summed E-state index contributed by atoms with van der Waals surface area (Å²) < 4.78 is 11.4. The van der Waals surface area contributed by atoms with E-state index in [1.807, 2.05) is 19.9 Å². The van der Waals surface area contributed by atoms with E-state index in [1.165, 1.54) is 0 Å². The highest BCUT2D eigenvalue weighted by molar-refractivity contribution is 6.32. The molecule has 106 valence electrons. The lowest BCUT2D eigenvalue weighted by Crippen LogP contribution is -2.26. The van der Waals surface area contributed by atoms with Gasteiger partial charge in [-0.05, 0) is 17.5 Å². The minimum Gasteiger partial charge on any atom is -0.486 e. The lowest BCUT2D eigenvalue weighted by atomic mass is 9.79. The SMILES string of the molecule is CC(C)c1c(C(C)(C)CO)cc(Cl)c2c1OCCO2. The second-order valence-electron chi connectivity index (χ2n) is 5.87. The number of hydrogen-bond acceptors (Lipinski definition) is 3. The van der Waals surface area contributed by atoms with Crippen LogP contribution in [0.15, 0.2) is 6.07 Å². The standard InChI is InChI=1S/C15H21ClO3/c1-9(2)12-10(15(3,4)8-17)7-11(16)13-14(12)19-6-5-18-13/h7,9,17H,5-6,8H2,1-4H3. The molecule has 3 nitrogen and oxygen atoms in total. The Morgan fingerprint density at radius 1 is 1.26 bits per heavy atom. The molecule has 0 fully saturated rings. The van der Waals surface area contributed by atoms with Gasteiger partial charge in [-0.3, -0.25) is 0 Å². The van der Waals surface area contributed by atoms with Crippen molar-refractivity contribution < 1.29 is 14.6 Å². The lowest BCUT2D eigenvalue weighted by molar-refractivity contribution is 0.167. The largest absolute Gasteiger partial charge is 0.486 e. The first-order chi connectivity index (χ1) is 8.88. The number of aliphatic hydroxyl groups is 1. The van der Waals surface area contributed by atoms with Crippen molar-refractivity contribution in [3.8, 4) is 11.5 Å². The number of aliphatic hydroxyl groups excluding tert-OH is 1. The zero-order valence-electron chi connectivity index (χ0n) is 11.9. The molecule has 0 amide bonds. The summed E-state index contributed by atoms with van der Waals surface area (Å²) in [6.45, 7) is 9.33. The van der Waals surface area contributed by atoms with Crippen molar-refractivity contribution in [1.82, 2.24) is 0 Å². The molecular formula is C15H21ClO3. The van der Waals surface area contributed by atoms with Gasteiger partial charge in [0.2, 0.25) is 0 Å². The van der Waals surface area contributed by atoms with Crippen molar-refractivity contribution in [2.75, 3.05) is 19.8 Å². The maximum Gasteiger partial charge on any atom is 0.180 e. The number of benzene rings is 1. The molecule has 1 aromatic carbocycles. The molecule has 1 aliphatic heterocycles. The van der Waals surface area contributed by atoms with Crippen molar-refractivity contribution in [2.24, 2.45) is 0 Å². The number of halogens is 1. The van der Waals surface area contributed by atoms with Gasteiger partial charge >= 0.3 is 0 Å². The van der Waals surface area contributed by atoms with Crippen LogP contribution in [-0.4, -0.2) is 24.9 Å². The first-order valence-electron chi connectivity index (χ1n) is 6.62. The molecule has 0 atom stereocenters. The van der Waals surface area contributed by atoms with Crippen LogP contribution in [0.4, 0.5) is 0 Å². The van der Waals surface area contributed by atoms with Crippen LogP contribution in [0.3, 0.4) is 0 Å². The number of ether oxygens (including phenoxy) is 2. The molecule has 0 aromatic heterocycles. The molecule has 0 spiro atoms. The highest BCUT2D eigenvalue weighted by Crippen LogP contribution is 2.47. The van der Waals surface area contributed by atoms with Crippen molar-refractivity contribution in [3.63, 3.8) is 0 Å². The van der Waals surface area contributed by atoms with Gasteiger partial charge in [-0.1, -0.05) is 39.3 Å². The summed E-state index contributed by atoms with van der Waals surface area (Å²) in [5.74, 6) is 1.65. The van der Waals surface area contributed by atoms with Gasteiger partial charge in [-0.2, -0.15) is 0 Å². The fourth-order valence-corrected chi connectivity index (χ4v) is 2.66. The summed E-state index contributed by atoms with van der Waals surface area (Å²) in [5, 5.41) is 10.2. The Hall–Kier alpha value is -0.930. The third kappa shape index (κ3) is 2.54. The van der Waals surface area contributed by atoms with Crippen LogP contribution >= 0.6 is 11.6 Å². The summed E-state index contributed by atoms with van der Waals surface area (Å²) in [7, 11) is 0. The smallest absolute Gasteiger partial charge is 0.180 e. The molecule has 0 radical (unpaired) electrons. The summed E-state index contributed by atoms with van der Waals surface area (Å²) in [6.07, 6.45) is 0. The zero-order chi connectivity index (χ0) is 14.2.